The smallest absolute Gasteiger partial charge is 0.190 e. The first-order chi connectivity index (χ1) is 13.9. The number of hydrogen-bond acceptors (Lipinski definition) is 10. The summed E-state index contributed by atoms with van der Waals surface area (Å²) in [7, 11) is 0. The first-order valence-corrected chi connectivity index (χ1v) is 11.6. The average Bonchev–Trinajstić information content (AvgIpc) is 2.73. The van der Waals surface area contributed by atoms with Crippen LogP contribution in [0.4, 0.5) is 5.82 Å². The molecule has 1 fully saturated rings. The highest BCUT2D eigenvalue weighted by Crippen LogP contribution is 2.26. The molecule has 2 aromatic heterocycles. The number of nitrogens with zero attached hydrogens (tertiary/aromatic N) is 5. The van der Waals surface area contributed by atoms with E-state index in [0.29, 0.717) is 60.6 Å². The Morgan fingerprint density at radius 1 is 0.828 bits per heavy atom. The molecule has 1 aliphatic heterocycles. The lowest BCUT2D eigenvalue weighted by Gasteiger charge is -2.28. The summed E-state index contributed by atoms with van der Waals surface area (Å²) in [6.45, 7) is 2.69. The van der Waals surface area contributed by atoms with Crippen LogP contribution in [0.1, 0.15) is 20.7 Å². The van der Waals surface area contributed by atoms with Gasteiger partial charge in [0, 0.05) is 13.1 Å². The molecule has 3 rings (SSSR count). The maximum absolute atomic E-state index is 11.1. The lowest BCUT2D eigenvalue weighted by atomic mass is 10.3. The average molecular weight is 497 g/mol. The van der Waals surface area contributed by atoms with Crippen molar-refractivity contribution in [1.29, 1.82) is 0 Å². The standard InChI is InChI=1S/C10H12ClN3O2S.C6H4Cl2N2OS/c1-17-10-12-8(11)7(6-15)9(13-10)14-2-4-16-5-3-14;1-12-6-9-4(7)3(2-11)5(8)10-6/h6H,2-5H2,1H3;2H,1H3. The van der Waals surface area contributed by atoms with Gasteiger partial charge < -0.3 is 9.64 Å². The fourth-order valence-corrected chi connectivity index (χ4v) is 3.77. The zero-order valence-electron chi connectivity index (χ0n) is 15.4. The summed E-state index contributed by atoms with van der Waals surface area (Å²) in [4.78, 5) is 39.5. The van der Waals surface area contributed by atoms with Crippen molar-refractivity contribution < 1.29 is 14.3 Å². The Hall–Kier alpha value is -1.17. The van der Waals surface area contributed by atoms with Gasteiger partial charge in [-0.05, 0) is 12.5 Å². The van der Waals surface area contributed by atoms with Gasteiger partial charge in [0.15, 0.2) is 22.9 Å². The molecule has 0 aromatic carbocycles. The summed E-state index contributed by atoms with van der Waals surface area (Å²) < 4.78 is 5.27. The molecule has 29 heavy (non-hydrogen) atoms. The number of aromatic nitrogens is 4. The lowest BCUT2D eigenvalue weighted by Crippen LogP contribution is -2.37. The van der Waals surface area contributed by atoms with E-state index in [4.69, 9.17) is 39.5 Å². The third kappa shape index (κ3) is 6.40. The van der Waals surface area contributed by atoms with Crippen LogP contribution in [-0.2, 0) is 4.74 Å². The van der Waals surface area contributed by atoms with Crippen molar-refractivity contribution in [3.05, 3.63) is 26.6 Å². The van der Waals surface area contributed by atoms with Gasteiger partial charge in [-0.25, -0.2) is 19.9 Å². The van der Waals surface area contributed by atoms with E-state index in [-0.39, 0.29) is 21.0 Å². The van der Waals surface area contributed by atoms with Crippen LogP contribution in [0, 0.1) is 0 Å². The predicted molar refractivity (Wildman–Crippen MR) is 116 cm³/mol. The minimum Gasteiger partial charge on any atom is -0.378 e. The van der Waals surface area contributed by atoms with Crippen molar-refractivity contribution in [2.45, 2.75) is 10.3 Å². The van der Waals surface area contributed by atoms with Gasteiger partial charge in [0.05, 0.1) is 24.3 Å². The zero-order valence-corrected chi connectivity index (χ0v) is 19.3. The molecular weight excluding hydrogens is 481 g/mol. The molecule has 1 saturated heterocycles. The van der Waals surface area contributed by atoms with Gasteiger partial charge in [-0.3, -0.25) is 9.59 Å². The van der Waals surface area contributed by atoms with Crippen LogP contribution in [0.15, 0.2) is 10.3 Å². The number of ether oxygens (including phenoxy) is 1. The quantitative estimate of drug-likeness (QED) is 0.263. The van der Waals surface area contributed by atoms with E-state index in [1.54, 1.807) is 6.26 Å². The molecule has 13 heteroatoms. The maximum Gasteiger partial charge on any atom is 0.190 e. The number of halogens is 3. The summed E-state index contributed by atoms with van der Waals surface area (Å²) in [6, 6.07) is 0. The Morgan fingerprint density at radius 2 is 1.28 bits per heavy atom. The second-order valence-electron chi connectivity index (χ2n) is 5.28. The van der Waals surface area contributed by atoms with Crippen molar-refractivity contribution >= 4 is 76.7 Å². The molecule has 2 aromatic rings. The Labute approximate surface area is 191 Å². The first-order valence-electron chi connectivity index (χ1n) is 8.06. The molecule has 0 unspecified atom stereocenters. The summed E-state index contributed by atoms with van der Waals surface area (Å²) in [5, 5.41) is 1.42. The highest BCUT2D eigenvalue weighted by atomic mass is 35.5. The van der Waals surface area contributed by atoms with Crippen molar-refractivity contribution in [1.82, 2.24) is 19.9 Å². The number of thioether (sulfide) groups is 2. The molecule has 1 aliphatic rings. The first kappa shape index (κ1) is 24.1. The normalized spacial score (nSPS) is 13.5. The minimum atomic E-state index is 0.0920. The van der Waals surface area contributed by atoms with Crippen molar-refractivity contribution in [3.63, 3.8) is 0 Å². The minimum absolute atomic E-state index is 0.0920. The van der Waals surface area contributed by atoms with E-state index in [0.717, 1.165) is 0 Å². The van der Waals surface area contributed by atoms with Crippen LogP contribution < -0.4 is 4.90 Å². The molecule has 0 amide bonds. The van der Waals surface area contributed by atoms with E-state index < -0.39 is 0 Å². The summed E-state index contributed by atoms with van der Waals surface area (Å²) in [5.41, 5.74) is 0.488. The van der Waals surface area contributed by atoms with Gasteiger partial charge in [0.2, 0.25) is 0 Å². The molecule has 0 N–H and O–H groups in total. The summed E-state index contributed by atoms with van der Waals surface area (Å²) in [6.07, 6.45) is 4.91. The highest BCUT2D eigenvalue weighted by Gasteiger charge is 2.20. The Balaban J connectivity index is 0.000000221. The van der Waals surface area contributed by atoms with E-state index >= 15 is 0 Å². The molecule has 0 radical (unpaired) electrons. The van der Waals surface area contributed by atoms with Crippen LogP contribution in [0.5, 0.6) is 0 Å². The number of hydrogen-bond donors (Lipinski definition) is 0. The molecular formula is C16H16Cl3N5O3S2. The summed E-state index contributed by atoms with van der Waals surface area (Å²) >= 11 is 20.0. The molecule has 0 spiro atoms. The molecule has 0 aliphatic carbocycles. The summed E-state index contributed by atoms with van der Waals surface area (Å²) in [5.74, 6) is 0.604. The number of morpholine rings is 1. The second kappa shape index (κ2) is 11.9. The van der Waals surface area contributed by atoms with Gasteiger partial charge in [-0.2, -0.15) is 0 Å². The molecule has 0 atom stereocenters. The number of aldehydes is 2. The Morgan fingerprint density at radius 3 is 1.72 bits per heavy atom. The molecule has 0 saturated carbocycles. The van der Waals surface area contributed by atoms with E-state index in [2.05, 4.69) is 19.9 Å². The molecule has 156 valence electrons. The second-order valence-corrected chi connectivity index (χ2v) is 7.90. The van der Waals surface area contributed by atoms with Crippen LogP contribution in [0.25, 0.3) is 0 Å². The van der Waals surface area contributed by atoms with Gasteiger partial charge in [0.1, 0.15) is 21.3 Å². The Kier molecular flexibility index (Phi) is 9.87. The van der Waals surface area contributed by atoms with Crippen LogP contribution >= 0.6 is 58.3 Å². The van der Waals surface area contributed by atoms with Gasteiger partial charge in [-0.15, -0.1) is 0 Å². The molecule has 3 heterocycles. The predicted octanol–water partition coefficient (Wildman–Crippen LogP) is 3.82. The van der Waals surface area contributed by atoms with Gasteiger partial charge >= 0.3 is 0 Å². The van der Waals surface area contributed by atoms with E-state index in [1.807, 2.05) is 11.2 Å². The van der Waals surface area contributed by atoms with Crippen molar-refractivity contribution in [2.75, 3.05) is 43.7 Å². The zero-order chi connectivity index (χ0) is 21.4. The largest absolute Gasteiger partial charge is 0.378 e. The van der Waals surface area contributed by atoms with Gasteiger partial charge in [-0.1, -0.05) is 58.3 Å². The number of anilines is 1. The van der Waals surface area contributed by atoms with E-state index in [9.17, 15) is 9.59 Å². The Bertz CT molecular complexity index is 862. The third-order valence-corrected chi connectivity index (χ3v) is 5.56. The van der Waals surface area contributed by atoms with Crippen LogP contribution in [0.2, 0.25) is 15.5 Å². The lowest BCUT2D eigenvalue weighted by molar-refractivity contribution is 0.111. The number of carbonyl (C=O) groups is 2. The van der Waals surface area contributed by atoms with Crippen LogP contribution in [-0.4, -0.2) is 71.3 Å². The van der Waals surface area contributed by atoms with Crippen LogP contribution in [0.3, 0.4) is 0 Å². The maximum atomic E-state index is 11.1. The molecule has 0 bridgehead atoms. The van der Waals surface area contributed by atoms with Gasteiger partial charge in [0.25, 0.3) is 0 Å². The number of carbonyl (C=O) groups excluding carboxylic acids is 2. The molecule has 8 nitrogen and oxygen atoms in total. The van der Waals surface area contributed by atoms with Crippen molar-refractivity contribution in [3.8, 4) is 0 Å². The van der Waals surface area contributed by atoms with Crippen molar-refractivity contribution in [2.24, 2.45) is 0 Å². The monoisotopic (exact) mass is 495 g/mol. The fourth-order valence-electron chi connectivity index (χ4n) is 2.21. The number of rotatable bonds is 5. The third-order valence-electron chi connectivity index (χ3n) is 3.60. The topological polar surface area (TPSA) is 98.2 Å². The van der Waals surface area contributed by atoms with E-state index in [1.165, 1.54) is 23.5 Å². The highest BCUT2D eigenvalue weighted by molar-refractivity contribution is 7.98. The SMILES string of the molecule is CSc1nc(Cl)c(C=O)c(Cl)n1.CSc1nc(Cl)c(C=O)c(N2CCOCC2)n1. The fraction of sp³-hybridized carbons (Fsp3) is 0.375.